The van der Waals surface area contributed by atoms with Crippen LogP contribution in [0, 0.1) is 11.3 Å². The maximum Gasteiger partial charge on any atom is 0.246 e. The highest BCUT2D eigenvalue weighted by Gasteiger charge is 2.28. The summed E-state index contributed by atoms with van der Waals surface area (Å²) in [7, 11) is 1.39. The van der Waals surface area contributed by atoms with Gasteiger partial charge in [-0.2, -0.15) is 5.26 Å². The van der Waals surface area contributed by atoms with E-state index in [0.29, 0.717) is 27.3 Å². The molecule has 0 aliphatic carbocycles. The van der Waals surface area contributed by atoms with Gasteiger partial charge in [0.15, 0.2) is 11.0 Å². The summed E-state index contributed by atoms with van der Waals surface area (Å²) < 4.78 is 5.50. The van der Waals surface area contributed by atoms with Crippen molar-refractivity contribution in [1.29, 1.82) is 5.26 Å². The number of ether oxygens (including phenoxy) is 1. The average Bonchev–Trinajstić information content (AvgIpc) is 3.65. The fraction of sp³-hybridized carbons (Fsp3) is 0.323. The van der Waals surface area contributed by atoms with Crippen molar-refractivity contribution in [2.75, 3.05) is 32.1 Å². The summed E-state index contributed by atoms with van der Waals surface area (Å²) in [4.78, 5) is 63.4. The topological polar surface area (TPSA) is 242 Å². The van der Waals surface area contributed by atoms with Gasteiger partial charge < -0.3 is 42.5 Å². The first kappa shape index (κ1) is 34.3. The van der Waals surface area contributed by atoms with Crippen molar-refractivity contribution in [3.8, 4) is 6.07 Å². The second kappa shape index (κ2) is 16.7. The van der Waals surface area contributed by atoms with E-state index in [-0.39, 0.29) is 50.8 Å². The van der Waals surface area contributed by atoms with Crippen molar-refractivity contribution in [3.63, 3.8) is 0 Å². The molecule has 16 heteroatoms. The van der Waals surface area contributed by atoms with Gasteiger partial charge in [-0.05, 0) is 42.7 Å². The van der Waals surface area contributed by atoms with Gasteiger partial charge in [0.25, 0.3) is 0 Å². The Kier molecular flexibility index (Phi) is 12.2. The van der Waals surface area contributed by atoms with Crippen LogP contribution in [0.3, 0.4) is 0 Å². The van der Waals surface area contributed by atoms with Crippen molar-refractivity contribution in [2.24, 2.45) is 16.5 Å². The number of nitrogens with zero attached hydrogens (tertiary/aromatic N) is 3. The summed E-state index contributed by atoms with van der Waals surface area (Å²) in [5.41, 5.74) is 13.6. The molecule has 0 unspecified atom stereocenters. The molecule has 0 fully saturated rings. The molecule has 2 heterocycles. The van der Waals surface area contributed by atoms with Crippen LogP contribution in [0.2, 0.25) is 0 Å². The quantitative estimate of drug-likeness (QED) is 0.0514. The number of methoxy groups -OCH3 is 1. The molecule has 246 valence electrons. The number of guanidine groups is 1. The second-order valence-electron chi connectivity index (χ2n) is 10.5. The molecule has 0 radical (unpaired) electrons. The molecule has 2 atom stereocenters. The summed E-state index contributed by atoms with van der Waals surface area (Å²) in [5, 5.41) is 21.3. The Balaban J connectivity index is 1.52. The third kappa shape index (κ3) is 9.98. The molecular formula is C31H36N10O5S. The first-order chi connectivity index (χ1) is 22.7. The van der Waals surface area contributed by atoms with E-state index in [9.17, 15) is 24.4 Å². The summed E-state index contributed by atoms with van der Waals surface area (Å²) in [5.74, 6) is -2.00. The number of aromatic amines is 1. The standard InChI is InChI=1S/C31H36N10O5S/c1-46-17-27(43)35-12-10-26(42)39-24(13-18-16-37-21-6-3-2-5-20(18)21)30(45)41-23(7-4-11-36-31(33)34)29(44)38-19-8-9-22-25(14-19)47-28(15-32)40-22/h2-3,5-6,8-9,14,16,23-24,37H,4,7,10-13,17H2,1H3,(H,35,43)(H,38,44)(H,39,42)(H,41,45)(H4,33,34,36)/t23-,24-/m0/s1. The Morgan fingerprint density at radius 2 is 1.89 bits per heavy atom. The zero-order valence-electron chi connectivity index (χ0n) is 25.7. The molecule has 47 heavy (non-hydrogen) atoms. The van der Waals surface area contributed by atoms with Crippen molar-refractivity contribution in [2.45, 2.75) is 37.8 Å². The van der Waals surface area contributed by atoms with E-state index in [2.05, 4.69) is 36.2 Å². The van der Waals surface area contributed by atoms with Crippen LogP contribution in [0.5, 0.6) is 0 Å². The normalized spacial score (nSPS) is 12.1. The number of carbonyl (C=O) groups excluding carboxylic acids is 4. The smallest absolute Gasteiger partial charge is 0.246 e. The molecule has 4 aromatic rings. The number of hydrogen-bond donors (Lipinski definition) is 7. The summed E-state index contributed by atoms with van der Waals surface area (Å²) in [6.07, 6.45) is 2.38. The van der Waals surface area contributed by atoms with Crippen molar-refractivity contribution in [1.82, 2.24) is 25.9 Å². The van der Waals surface area contributed by atoms with E-state index in [4.69, 9.17) is 16.2 Å². The molecule has 0 aliphatic rings. The summed E-state index contributed by atoms with van der Waals surface area (Å²) >= 11 is 1.19. The molecule has 2 aromatic carbocycles. The third-order valence-electron chi connectivity index (χ3n) is 7.03. The predicted octanol–water partition coefficient (Wildman–Crippen LogP) is 1.01. The molecule has 0 spiro atoms. The molecule has 4 amide bonds. The third-order valence-corrected chi connectivity index (χ3v) is 7.95. The lowest BCUT2D eigenvalue weighted by molar-refractivity contribution is -0.131. The summed E-state index contributed by atoms with van der Waals surface area (Å²) in [6.45, 7) is 0.139. The van der Waals surface area contributed by atoms with Gasteiger partial charge in [0.05, 0.1) is 10.2 Å². The van der Waals surface area contributed by atoms with Crippen molar-refractivity contribution < 1.29 is 23.9 Å². The average molecular weight is 661 g/mol. The minimum absolute atomic E-state index is 0.0469. The van der Waals surface area contributed by atoms with Crippen LogP contribution in [-0.2, 0) is 30.3 Å². The van der Waals surface area contributed by atoms with E-state index < -0.39 is 29.8 Å². The molecular weight excluding hydrogens is 624 g/mol. The van der Waals surface area contributed by atoms with Gasteiger partial charge in [0.2, 0.25) is 23.6 Å². The zero-order chi connectivity index (χ0) is 33.8. The predicted molar refractivity (Wildman–Crippen MR) is 178 cm³/mol. The Morgan fingerprint density at radius 3 is 2.66 bits per heavy atom. The number of para-hydroxylation sites is 1. The number of nitrogens with one attached hydrogen (secondary N) is 5. The first-order valence-electron chi connectivity index (χ1n) is 14.7. The van der Waals surface area contributed by atoms with E-state index in [0.717, 1.165) is 16.5 Å². The number of aliphatic imine (C=N–C) groups is 1. The van der Waals surface area contributed by atoms with E-state index in [1.807, 2.05) is 30.3 Å². The van der Waals surface area contributed by atoms with Crippen LogP contribution in [0.4, 0.5) is 5.69 Å². The molecule has 2 aromatic heterocycles. The molecule has 15 nitrogen and oxygen atoms in total. The maximum atomic E-state index is 13.8. The Morgan fingerprint density at radius 1 is 1.09 bits per heavy atom. The van der Waals surface area contributed by atoms with Gasteiger partial charge in [0.1, 0.15) is 24.8 Å². The van der Waals surface area contributed by atoms with Crippen LogP contribution in [0.15, 0.2) is 53.7 Å². The van der Waals surface area contributed by atoms with Crippen LogP contribution in [-0.4, -0.2) is 78.4 Å². The maximum absolute atomic E-state index is 13.8. The number of carbonyl (C=O) groups is 4. The van der Waals surface area contributed by atoms with Gasteiger partial charge in [-0.3, -0.25) is 24.2 Å². The van der Waals surface area contributed by atoms with Crippen molar-refractivity contribution in [3.05, 3.63) is 59.2 Å². The number of benzene rings is 2. The number of anilines is 1. The van der Waals surface area contributed by atoms with Crippen LogP contribution in [0.1, 0.15) is 29.8 Å². The Bertz CT molecular complexity index is 1810. The molecule has 9 N–H and O–H groups in total. The summed E-state index contributed by atoms with van der Waals surface area (Å²) in [6, 6.07) is 12.6. The minimum atomic E-state index is -1.05. The molecule has 0 aliphatic heterocycles. The monoisotopic (exact) mass is 660 g/mol. The van der Waals surface area contributed by atoms with Gasteiger partial charge in [-0.1, -0.05) is 18.2 Å². The fourth-order valence-corrected chi connectivity index (χ4v) is 5.62. The van der Waals surface area contributed by atoms with E-state index in [1.54, 1.807) is 24.4 Å². The lowest BCUT2D eigenvalue weighted by Gasteiger charge is -2.23. The van der Waals surface area contributed by atoms with Crippen molar-refractivity contribution >= 4 is 67.7 Å². The number of aromatic nitrogens is 2. The van der Waals surface area contributed by atoms with Crippen LogP contribution < -0.4 is 32.7 Å². The lowest BCUT2D eigenvalue weighted by Crippen LogP contribution is -2.53. The highest BCUT2D eigenvalue weighted by atomic mass is 32.1. The van der Waals surface area contributed by atoms with Crippen LogP contribution in [0.25, 0.3) is 21.1 Å². The molecule has 0 bridgehead atoms. The Hall–Kier alpha value is -5.53. The molecule has 0 saturated heterocycles. The highest BCUT2D eigenvalue weighted by Crippen LogP contribution is 2.25. The highest BCUT2D eigenvalue weighted by molar-refractivity contribution is 7.19. The minimum Gasteiger partial charge on any atom is -0.375 e. The number of H-pyrrole nitrogens is 1. The van der Waals surface area contributed by atoms with Gasteiger partial charge in [0, 0.05) is 55.8 Å². The van der Waals surface area contributed by atoms with Gasteiger partial charge in [-0.15, -0.1) is 11.3 Å². The number of hydrogen-bond acceptors (Lipinski definition) is 9. The Labute approximate surface area is 274 Å². The van der Waals surface area contributed by atoms with E-state index in [1.165, 1.54) is 18.4 Å². The first-order valence-corrected chi connectivity index (χ1v) is 15.6. The zero-order valence-corrected chi connectivity index (χ0v) is 26.5. The van der Waals surface area contributed by atoms with Crippen LogP contribution >= 0.6 is 11.3 Å². The van der Waals surface area contributed by atoms with Gasteiger partial charge >= 0.3 is 0 Å². The molecule has 0 saturated carbocycles. The van der Waals surface area contributed by atoms with E-state index >= 15 is 0 Å². The van der Waals surface area contributed by atoms with Gasteiger partial charge in [-0.25, -0.2) is 4.98 Å². The second-order valence-corrected chi connectivity index (χ2v) is 11.6. The number of thiazole rings is 1. The number of nitriles is 1. The SMILES string of the molecule is COCC(=O)NCCC(=O)N[C@@H](Cc1c[nH]c2ccccc12)C(=O)N[C@@H](CCCN=C(N)N)C(=O)Nc1ccc2nc(C#N)sc2c1. The fourth-order valence-electron chi connectivity index (χ4n) is 4.82. The number of nitrogens with two attached hydrogens (primary N) is 2. The molecule has 4 rings (SSSR count). The number of fused-ring (bicyclic) bond motifs is 2. The number of amides is 4. The largest absolute Gasteiger partial charge is 0.375 e. The number of rotatable bonds is 16. The lowest BCUT2D eigenvalue weighted by atomic mass is 10.0.